The van der Waals surface area contributed by atoms with Gasteiger partial charge >= 0.3 is 0 Å². The molecule has 10 heteroatoms. The molecule has 2 aromatic heterocycles. The number of aryl methyl sites for hydroxylation is 1. The van der Waals surface area contributed by atoms with Gasteiger partial charge in [0.2, 0.25) is 0 Å². The summed E-state index contributed by atoms with van der Waals surface area (Å²) in [6.07, 6.45) is 0.663. The fourth-order valence-electron chi connectivity index (χ4n) is 4.38. The Morgan fingerprint density at radius 3 is 2.12 bits per heavy atom. The summed E-state index contributed by atoms with van der Waals surface area (Å²) < 4.78 is 33.1. The van der Waals surface area contributed by atoms with Gasteiger partial charge in [-0.3, -0.25) is 14.1 Å². The van der Waals surface area contributed by atoms with Crippen molar-refractivity contribution in [2.24, 2.45) is 0 Å². The van der Waals surface area contributed by atoms with Crippen molar-refractivity contribution >= 4 is 76.9 Å². The van der Waals surface area contributed by atoms with Crippen LogP contribution in [0, 0.1) is 0 Å². The summed E-state index contributed by atoms with van der Waals surface area (Å²) in [6.45, 7) is 0.368. The summed E-state index contributed by atoms with van der Waals surface area (Å²) in [5.41, 5.74) is 1.86. The van der Waals surface area contributed by atoms with Crippen LogP contribution in [0.5, 0.6) is 0 Å². The molecule has 174 valence electrons. The Morgan fingerprint density at radius 2 is 1.38 bits per heavy atom. The maximum atomic E-state index is 13.4. The zero-order valence-corrected chi connectivity index (χ0v) is 20.0. The van der Waals surface area contributed by atoms with Gasteiger partial charge in [0, 0.05) is 43.7 Å². The predicted molar refractivity (Wildman–Crippen MR) is 137 cm³/mol. The van der Waals surface area contributed by atoms with Crippen molar-refractivity contribution in [1.82, 2.24) is 9.55 Å². The minimum atomic E-state index is -4.07. The van der Waals surface area contributed by atoms with Crippen LogP contribution in [-0.2, 0) is 16.7 Å². The van der Waals surface area contributed by atoms with Crippen LogP contribution in [0.2, 0.25) is 10.0 Å². The number of rotatable bonds is 5. The highest BCUT2D eigenvalue weighted by Gasteiger charge is 2.15. The SMILES string of the molecule is O=c1c2cc(Cl)ccc2[nH]c2cc3c(=O)c4cc(Cl)ccc4n(CCCCS(=O)(=O)O)c3cc12. The van der Waals surface area contributed by atoms with Gasteiger partial charge in [-0.05, 0) is 61.4 Å². The number of nitrogens with one attached hydrogen (secondary N) is 1. The lowest BCUT2D eigenvalue weighted by Crippen LogP contribution is -2.14. The van der Waals surface area contributed by atoms with Gasteiger partial charge in [0.25, 0.3) is 10.1 Å². The van der Waals surface area contributed by atoms with Crippen LogP contribution in [0.3, 0.4) is 0 Å². The zero-order valence-electron chi connectivity index (χ0n) is 17.6. The Balaban J connectivity index is 1.81. The van der Waals surface area contributed by atoms with Crippen molar-refractivity contribution in [3.63, 3.8) is 0 Å². The van der Waals surface area contributed by atoms with Crippen molar-refractivity contribution in [3.05, 3.63) is 79.0 Å². The topological polar surface area (TPSA) is 109 Å². The standard InChI is InChI=1S/C24H18Cl2N2O5S/c25-13-3-5-19-15(9-13)23(29)16-12-22-18(11-20(16)27-19)24(30)17-10-14(26)4-6-21(17)28(22)7-1-2-8-34(31,32)33/h3-6,9-12H,1-2,7-8H2,(H,27,29)(H,31,32,33). The van der Waals surface area contributed by atoms with Crippen LogP contribution in [0.4, 0.5) is 0 Å². The Hall–Kier alpha value is -2.91. The molecule has 2 heterocycles. The molecule has 0 aliphatic rings. The molecule has 0 atom stereocenters. The number of H-pyrrole nitrogens is 1. The molecule has 0 fully saturated rings. The van der Waals surface area contributed by atoms with E-state index in [1.165, 1.54) is 0 Å². The van der Waals surface area contributed by atoms with E-state index in [1.54, 1.807) is 48.5 Å². The van der Waals surface area contributed by atoms with Gasteiger partial charge in [-0.2, -0.15) is 8.42 Å². The number of unbranched alkanes of at least 4 members (excludes halogenated alkanes) is 1. The number of benzene rings is 3. The third-order valence-electron chi connectivity index (χ3n) is 5.94. The molecule has 34 heavy (non-hydrogen) atoms. The summed E-state index contributed by atoms with van der Waals surface area (Å²) in [6, 6.07) is 13.4. The molecule has 2 N–H and O–H groups in total. The van der Waals surface area contributed by atoms with Crippen molar-refractivity contribution in [2.75, 3.05) is 5.75 Å². The highest BCUT2D eigenvalue weighted by atomic mass is 35.5. The van der Waals surface area contributed by atoms with E-state index >= 15 is 0 Å². The van der Waals surface area contributed by atoms with E-state index in [4.69, 9.17) is 27.8 Å². The molecule has 0 bridgehead atoms. The number of nitrogens with zero attached hydrogens (tertiary/aromatic N) is 1. The third kappa shape index (κ3) is 4.07. The van der Waals surface area contributed by atoms with E-state index in [9.17, 15) is 18.0 Å². The van der Waals surface area contributed by atoms with E-state index in [1.807, 2.05) is 4.57 Å². The van der Waals surface area contributed by atoms with Gasteiger partial charge in [-0.25, -0.2) is 0 Å². The fraction of sp³-hybridized carbons (Fsp3) is 0.167. The molecule has 0 unspecified atom stereocenters. The first-order chi connectivity index (χ1) is 16.1. The first kappa shape index (κ1) is 22.9. The highest BCUT2D eigenvalue weighted by Crippen LogP contribution is 2.27. The van der Waals surface area contributed by atoms with Crippen LogP contribution in [0.15, 0.2) is 58.1 Å². The average molecular weight is 517 g/mol. The molecule has 0 radical (unpaired) electrons. The number of aromatic nitrogens is 2. The molecular weight excluding hydrogens is 499 g/mol. The second-order valence-corrected chi connectivity index (χ2v) is 10.6. The normalized spacial score (nSPS) is 12.3. The molecule has 0 saturated carbocycles. The van der Waals surface area contributed by atoms with Crippen LogP contribution in [-0.4, -0.2) is 28.3 Å². The van der Waals surface area contributed by atoms with Gasteiger partial charge in [-0.15, -0.1) is 0 Å². The van der Waals surface area contributed by atoms with Crippen molar-refractivity contribution in [2.45, 2.75) is 19.4 Å². The van der Waals surface area contributed by atoms with E-state index in [0.29, 0.717) is 66.6 Å². The lowest BCUT2D eigenvalue weighted by Gasteiger charge is -2.16. The van der Waals surface area contributed by atoms with Crippen LogP contribution < -0.4 is 10.9 Å². The number of halogens is 2. The van der Waals surface area contributed by atoms with E-state index < -0.39 is 10.1 Å². The number of pyridine rings is 2. The molecule has 0 amide bonds. The first-order valence-corrected chi connectivity index (χ1v) is 12.9. The predicted octanol–water partition coefficient (Wildman–Crippen LogP) is 5.12. The van der Waals surface area contributed by atoms with Gasteiger partial charge in [0.05, 0.1) is 22.3 Å². The van der Waals surface area contributed by atoms with Crippen molar-refractivity contribution in [1.29, 1.82) is 0 Å². The van der Waals surface area contributed by atoms with Crippen LogP contribution >= 0.6 is 23.2 Å². The van der Waals surface area contributed by atoms with Crippen molar-refractivity contribution in [3.8, 4) is 0 Å². The van der Waals surface area contributed by atoms with Crippen LogP contribution in [0.25, 0.3) is 43.6 Å². The van der Waals surface area contributed by atoms with Gasteiger partial charge in [0.15, 0.2) is 10.9 Å². The molecule has 7 nitrogen and oxygen atoms in total. The monoisotopic (exact) mass is 516 g/mol. The van der Waals surface area contributed by atoms with Gasteiger partial charge in [0.1, 0.15) is 0 Å². The second kappa shape index (κ2) is 8.39. The number of fused-ring (bicyclic) bond motifs is 4. The zero-order chi connectivity index (χ0) is 24.2. The Morgan fingerprint density at radius 1 is 0.765 bits per heavy atom. The number of hydrogen-bond acceptors (Lipinski definition) is 4. The van der Waals surface area contributed by atoms with Gasteiger partial charge < -0.3 is 9.55 Å². The molecular formula is C24H18Cl2N2O5S. The summed E-state index contributed by atoms with van der Waals surface area (Å²) in [7, 11) is -4.07. The quantitative estimate of drug-likeness (QED) is 0.191. The van der Waals surface area contributed by atoms with Crippen LogP contribution in [0.1, 0.15) is 12.8 Å². The molecule has 0 saturated heterocycles. The first-order valence-electron chi connectivity index (χ1n) is 10.5. The van der Waals surface area contributed by atoms with E-state index in [0.717, 1.165) is 0 Å². The van der Waals surface area contributed by atoms with Gasteiger partial charge in [-0.1, -0.05) is 23.2 Å². The lowest BCUT2D eigenvalue weighted by atomic mass is 10.0. The third-order valence-corrected chi connectivity index (χ3v) is 7.21. The average Bonchev–Trinajstić information content (AvgIpc) is 2.78. The maximum Gasteiger partial charge on any atom is 0.264 e. The molecule has 0 aliphatic carbocycles. The smallest absolute Gasteiger partial charge is 0.264 e. The minimum absolute atomic E-state index is 0.213. The Kier molecular flexibility index (Phi) is 5.64. The summed E-state index contributed by atoms with van der Waals surface area (Å²) in [5.74, 6) is -0.357. The molecule has 0 spiro atoms. The summed E-state index contributed by atoms with van der Waals surface area (Å²) in [4.78, 5) is 29.9. The molecule has 0 aliphatic heterocycles. The summed E-state index contributed by atoms with van der Waals surface area (Å²) in [5, 5.41) is 2.52. The highest BCUT2D eigenvalue weighted by molar-refractivity contribution is 7.85. The fourth-order valence-corrected chi connectivity index (χ4v) is 5.30. The Bertz CT molecular complexity index is 1860. The number of hydrogen-bond donors (Lipinski definition) is 2. The molecule has 5 aromatic rings. The molecule has 5 rings (SSSR count). The maximum absolute atomic E-state index is 13.4. The number of aromatic amines is 1. The summed E-state index contributed by atoms with van der Waals surface area (Å²) >= 11 is 12.3. The van der Waals surface area contributed by atoms with Crippen molar-refractivity contribution < 1.29 is 13.0 Å². The van der Waals surface area contributed by atoms with E-state index in [2.05, 4.69) is 4.98 Å². The second-order valence-electron chi connectivity index (χ2n) is 8.19. The lowest BCUT2D eigenvalue weighted by molar-refractivity contribution is 0.479. The Labute approximate surface area is 203 Å². The largest absolute Gasteiger partial charge is 0.354 e. The molecule has 3 aromatic carbocycles. The minimum Gasteiger partial charge on any atom is -0.354 e. The van der Waals surface area contributed by atoms with E-state index in [-0.39, 0.29) is 23.0 Å².